The highest BCUT2D eigenvalue weighted by molar-refractivity contribution is 5.38. The molecule has 2 unspecified atom stereocenters. The zero-order chi connectivity index (χ0) is 11.4. The van der Waals surface area contributed by atoms with Gasteiger partial charge in [-0.15, -0.1) is 0 Å². The molecule has 1 aliphatic heterocycles. The molecule has 1 aliphatic carbocycles. The maximum atomic E-state index is 10.2. The lowest BCUT2D eigenvalue weighted by molar-refractivity contribution is -0.0472. The normalized spacial score (nSPS) is 35.1. The van der Waals surface area contributed by atoms with Gasteiger partial charge in [-0.1, -0.05) is 25.1 Å². The van der Waals surface area contributed by atoms with E-state index in [9.17, 15) is 5.11 Å². The fourth-order valence-electron chi connectivity index (χ4n) is 2.70. The summed E-state index contributed by atoms with van der Waals surface area (Å²) in [6, 6.07) is 7.83. The molecule has 0 aromatic heterocycles. The van der Waals surface area contributed by atoms with Crippen molar-refractivity contribution < 1.29 is 9.84 Å². The predicted octanol–water partition coefficient (Wildman–Crippen LogP) is 3.06. The van der Waals surface area contributed by atoms with E-state index in [4.69, 9.17) is 4.74 Å². The number of aliphatic hydroxyl groups is 1. The fraction of sp³-hybridized carbons (Fsp3) is 0.571. The maximum Gasteiger partial charge on any atom is 0.125 e. The van der Waals surface area contributed by atoms with E-state index in [1.165, 1.54) is 12.8 Å². The Morgan fingerprint density at radius 2 is 1.94 bits per heavy atom. The molecule has 0 spiro atoms. The molecule has 1 heterocycles. The Hall–Kier alpha value is -1.02. The fourth-order valence-corrected chi connectivity index (χ4v) is 2.70. The van der Waals surface area contributed by atoms with Crippen molar-refractivity contribution in [1.29, 1.82) is 0 Å². The van der Waals surface area contributed by atoms with E-state index in [1.54, 1.807) is 0 Å². The second-order valence-electron chi connectivity index (χ2n) is 5.65. The molecule has 1 aromatic rings. The minimum atomic E-state index is -0.382. The maximum absolute atomic E-state index is 10.2. The number of ether oxygens (including phenoxy) is 1. The number of hydrogen-bond acceptors (Lipinski definition) is 2. The van der Waals surface area contributed by atoms with Crippen LogP contribution in [0.4, 0.5) is 0 Å². The molecule has 3 rings (SSSR count). The van der Waals surface area contributed by atoms with Gasteiger partial charge in [-0.3, -0.25) is 0 Å². The summed E-state index contributed by atoms with van der Waals surface area (Å²) < 4.78 is 6.16. The summed E-state index contributed by atoms with van der Waals surface area (Å²) in [4.78, 5) is 0. The quantitative estimate of drug-likeness (QED) is 0.785. The van der Waals surface area contributed by atoms with Gasteiger partial charge in [0.05, 0.1) is 6.10 Å². The smallest absolute Gasteiger partial charge is 0.125 e. The van der Waals surface area contributed by atoms with E-state index in [0.29, 0.717) is 6.42 Å². The minimum absolute atomic E-state index is 0.208. The molecule has 1 fully saturated rings. The summed E-state index contributed by atoms with van der Waals surface area (Å²) in [5, 5.41) is 10.2. The highest BCUT2D eigenvalue weighted by atomic mass is 16.5. The first-order chi connectivity index (χ1) is 7.54. The Balaban J connectivity index is 2.00. The van der Waals surface area contributed by atoms with Crippen LogP contribution in [0, 0.1) is 5.41 Å². The number of para-hydroxylation sites is 1. The Kier molecular flexibility index (Phi) is 1.91. The highest BCUT2D eigenvalue weighted by Crippen LogP contribution is 2.59. The third-order valence-electron chi connectivity index (χ3n) is 4.47. The average molecular weight is 218 g/mol. The summed E-state index contributed by atoms with van der Waals surface area (Å²) in [5.41, 5.74) is 0.978. The SMILES string of the molecule is CC1(C2(C)CC(O)c3ccccc3O2)CC1. The molecule has 2 atom stereocenters. The molecule has 16 heavy (non-hydrogen) atoms. The van der Waals surface area contributed by atoms with Crippen LogP contribution in [-0.2, 0) is 0 Å². The Bertz CT molecular complexity index is 422. The van der Waals surface area contributed by atoms with Crippen molar-refractivity contribution >= 4 is 0 Å². The summed E-state index contributed by atoms with van der Waals surface area (Å²) >= 11 is 0. The van der Waals surface area contributed by atoms with Gasteiger partial charge in [0.25, 0.3) is 0 Å². The Morgan fingerprint density at radius 1 is 1.25 bits per heavy atom. The number of aliphatic hydroxyl groups excluding tert-OH is 1. The number of benzene rings is 1. The van der Waals surface area contributed by atoms with Gasteiger partial charge in [-0.2, -0.15) is 0 Å². The Morgan fingerprint density at radius 3 is 2.62 bits per heavy atom. The molecule has 86 valence electrons. The molecule has 2 heteroatoms. The third kappa shape index (κ3) is 1.29. The molecule has 1 aromatic carbocycles. The van der Waals surface area contributed by atoms with E-state index < -0.39 is 0 Å². The first-order valence-electron chi connectivity index (χ1n) is 6.00. The molecule has 2 nitrogen and oxygen atoms in total. The van der Waals surface area contributed by atoms with Crippen molar-refractivity contribution in [2.45, 2.75) is 44.8 Å². The van der Waals surface area contributed by atoms with Gasteiger partial charge in [-0.25, -0.2) is 0 Å². The van der Waals surface area contributed by atoms with E-state index in [-0.39, 0.29) is 17.1 Å². The summed E-state index contributed by atoms with van der Waals surface area (Å²) in [7, 11) is 0. The zero-order valence-electron chi connectivity index (χ0n) is 9.86. The van der Waals surface area contributed by atoms with Crippen LogP contribution in [0.3, 0.4) is 0 Å². The van der Waals surface area contributed by atoms with Crippen LogP contribution < -0.4 is 4.74 Å². The first kappa shape index (κ1) is 10.2. The summed E-state index contributed by atoms with van der Waals surface area (Å²) in [6.07, 6.45) is 2.74. The largest absolute Gasteiger partial charge is 0.487 e. The highest BCUT2D eigenvalue weighted by Gasteiger charge is 2.57. The number of hydrogen-bond donors (Lipinski definition) is 1. The van der Waals surface area contributed by atoms with Gasteiger partial charge in [-0.05, 0) is 25.8 Å². The van der Waals surface area contributed by atoms with Crippen LogP contribution >= 0.6 is 0 Å². The van der Waals surface area contributed by atoms with Crippen LogP contribution in [0.25, 0.3) is 0 Å². The molecule has 1 saturated carbocycles. The minimum Gasteiger partial charge on any atom is -0.487 e. The molecule has 1 N–H and O–H groups in total. The third-order valence-corrected chi connectivity index (χ3v) is 4.47. The number of rotatable bonds is 1. The van der Waals surface area contributed by atoms with Crippen LogP contribution in [-0.4, -0.2) is 10.7 Å². The molecule has 2 aliphatic rings. The van der Waals surface area contributed by atoms with Gasteiger partial charge < -0.3 is 9.84 Å². The number of fused-ring (bicyclic) bond motifs is 1. The molecule has 0 radical (unpaired) electrons. The van der Waals surface area contributed by atoms with Gasteiger partial charge in [0.15, 0.2) is 0 Å². The lowest BCUT2D eigenvalue weighted by Gasteiger charge is -2.42. The van der Waals surface area contributed by atoms with Crippen molar-refractivity contribution in [3.63, 3.8) is 0 Å². The van der Waals surface area contributed by atoms with Crippen LogP contribution in [0.1, 0.15) is 44.8 Å². The van der Waals surface area contributed by atoms with E-state index in [1.807, 2.05) is 24.3 Å². The van der Waals surface area contributed by atoms with Crippen molar-refractivity contribution in [1.82, 2.24) is 0 Å². The van der Waals surface area contributed by atoms with Gasteiger partial charge >= 0.3 is 0 Å². The summed E-state index contributed by atoms with van der Waals surface area (Å²) in [6.45, 7) is 4.40. The van der Waals surface area contributed by atoms with E-state index in [2.05, 4.69) is 13.8 Å². The molecule has 0 amide bonds. The molecular formula is C14H18O2. The van der Waals surface area contributed by atoms with Crippen molar-refractivity contribution in [2.24, 2.45) is 5.41 Å². The topological polar surface area (TPSA) is 29.5 Å². The average Bonchev–Trinajstić information content (AvgIpc) is 2.98. The second-order valence-corrected chi connectivity index (χ2v) is 5.65. The second kappa shape index (κ2) is 3.01. The summed E-state index contributed by atoms with van der Waals surface area (Å²) in [5.74, 6) is 0.858. The van der Waals surface area contributed by atoms with Gasteiger partial charge in [0.2, 0.25) is 0 Å². The first-order valence-corrected chi connectivity index (χ1v) is 6.00. The van der Waals surface area contributed by atoms with Crippen molar-refractivity contribution in [3.05, 3.63) is 29.8 Å². The lowest BCUT2D eigenvalue weighted by Crippen LogP contribution is -2.45. The van der Waals surface area contributed by atoms with Crippen molar-refractivity contribution in [2.75, 3.05) is 0 Å². The van der Waals surface area contributed by atoms with Gasteiger partial charge in [0, 0.05) is 17.4 Å². The predicted molar refractivity (Wildman–Crippen MR) is 62.4 cm³/mol. The molecule has 0 saturated heterocycles. The monoisotopic (exact) mass is 218 g/mol. The van der Waals surface area contributed by atoms with Crippen molar-refractivity contribution in [3.8, 4) is 5.75 Å². The zero-order valence-corrected chi connectivity index (χ0v) is 9.86. The van der Waals surface area contributed by atoms with Crippen LogP contribution in [0.15, 0.2) is 24.3 Å². The van der Waals surface area contributed by atoms with E-state index >= 15 is 0 Å². The van der Waals surface area contributed by atoms with Gasteiger partial charge in [0.1, 0.15) is 11.4 Å². The van der Waals surface area contributed by atoms with E-state index in [0.717, 1.165) is 11.3 Å². The standard InChI is InChI=1S/C14H18O2/c1-13(7-8-13)14(2)9-11(15)10-5-3-4-6-12(10)16-14/h3-6,11,15H,7-9H2,1-2H3. The molecular weight excluding hydrogens is 200 g/mol. The Labute approximate surface area is 96.2 Å². The lowest BCUT2D eigenvalue weighted by atomic mass is 9.79. The molecule has 0 bridgehead atoms. The van der Waals surface area contributed by atoms with Crippen LogP contribution in [0.5, 0.6) is 5.75 Å². The van der Waals surface area contributed by atoms with Crippen LogP contribution in [0.2, 0.25) is 0 Å².